The SMILES string of the molecule is CO[C@H]1c2cc(N3CCC3=O)ccc2O[C@@H](C(CCn2cc(C(CO)c3ccccc3)nn2)[Si](C)(C)F)[C@@H]1C. The van der Waals surface area contributed by atoms with Gasteiger partial charge >= 0.3 is 0 Å². The fraction of sp³-hybridized carbons (Fsp3) is 0.483. The van der Waals surface area contributed by atoms with Gasteiger partial charge in [-0.3, -0.25) is 9.48 Å². The molecule has 5 rings (SSSR count). The minimum Gasteiger partial charge on any atom is -0.490 e. The second-order valence-corrected chi connectivity index (χ2v) is 15.0. The van der Waals surface area contributed by atoms with E-state index in [0.29, 0.717) is 37.4 Å². The van der Waals surface area contributed by atoms with Gasteiger partial charge < -0.3 is 23.6 Å². The molecule has 2 unspecified atom stereocenters. The fourth-order valence-corrected chi connectivity index (χ4v) is 7.90. The van der Waals surface area contributed by atoms with Crippen molar-refractivity contribution < 1.29 is 23.5 Å². The summed E-state index contributed by atoms with van der Waals surface area (Å²) < 4.78 is 30.1. The second-order valence-electron chi connectivity index (χ2n) is 11.1. The minimum absolute atomic E-state index is 0.0748. The van der Waals surface area contributed by atoms with Crippen molar-refractivity contribution in [2.24, 2.45) is 5.92 Å². The van der Waals surface area contributed by atoms with E-state index < -0.39 is 8.41 Å². The van der Waals surface area contributed by atoms with Crippen LogP contribution in [-0.2, 0) is 16.1 Å². The number of fused-ring (bicyclic) bond motifs is 1. The predicted octanol–water partition coefficient (Wildman–Crippen LogP) is 4.86. The minimum atomic E-state index is -3.18. The van der Waals surface area contributed by atoms with Crippen LogP contribution in [0.3, 0.4) is 0 Å². The highest BCUT2D eigenvalue weighted by molar-refractivity contribution is 6.72. The van der Waals surface area contributed by atoms with Crippen LogP contribution in [0.25, 0.3) is 0 Å². The van der Waals surface area contributed by atoms with Gasteiger partial charge in [-0.15, -0.1) is 5.10 Å². The number of hydrogen-bond acceptors (Lipinski definition) is 6. The average molecular weight is 553 g/mol. The lowest BCUT2D eigenvalue weighted by Crippen LogP contribution is -2.46. The summed E-state index contributed by atoms with van der Waals surface area (Å²) in [6.07, 6.45) is 2.30. The molecule has 0 spiro atoms. The number of aliphatic hydroxyl groups excluding tert-OH is 1. The van der Waals surface area contributed by atoms with Crippen molar-refractivity contribution in [3.63, 3.8) is 0 Å². The number of anilines is 1. The zero-order valence-electron chi connectivity index (χ0n) is 23.0. The van der Waals surface area contributed by atoms with E-state index in [1.807, 2.05) is 54.7 Å². The Morgan fingerprint density at radius 2 is 2.00 bits per heavy atom. The maximum atomic E-state index is 15.9. The van der Waals surface area contributed by atoms with E-state index in [9.17, 15) is 9.90 Å². The number of ether oxygens (including phenoxy) is 2. The molecular weight excluding hydrogens is 515 g/mol. The topological polar surface area (TPSA) is 89.7 Å². The van der Waals surface area contributed by atoms with Gasteiger partial charge in [0.05, 0.1) is 24.3 Å². The summed E-state index contributed by atoms with van der Waals surface area (Å²) in [5.74, 6) is 0.434. The first-order valence-corrected chi connectivity index (χ1v) is 16.5. The Hall–Kier alpha value is -3.08. The van der Waals surface area contributed by atoms with Crippen LogP contribution in [0.15, 0.2) is 54.7 Å². The van der Waals surface area contributed by atoms with Gasteiger partial charge in [-0.25, -0.2) is 0 Å². The van der Waals surface area contributed by atoms with E-state index in [0.717, 1.165) is 16.8 Å². The molecule has 0 saturated carbocycles. The van der Waals surface area contributed by atoms with Gasteiger partial charge in [0.2, 0.25) is 14.3 Å². The number of halogens is 1. The van der Waals surface area contributed by atoms with E-state index in [1.165, 1.54) is 0 Å². The number of aryl methyl sites for hydroxylation is 1. The molecule has 1 N–H and O–H groups in total. The molecular formula is C29H37FN4O4Si. The molecule has 39 heavy (non-hydrogen) atoms. The van der Waals surface area contributed by atoms with Crippen molar-refractivity contribution in [1.29, 1.82) is 0 Å². The molecule has 8 nitrogen and oxygen atoms in total. The van der Waals surface area contributed by atoms with E-state index in [-0.39, 0.29) is 42.1 Å². The van der Waals surface area contributed by atoms with Crippen LogP contribution in [0.2, 0.25) is 18.6 Å². The van der Waals surface area contributed by atoms with E-state index in [4.69, 9.17) is 9.47 Å². The molecule has 1 saturated heterocycles. The lowest BCUT2D eigenvalue weighted by Gasteiger charge is -2.43. The average Bonchev–Trinajstić information content (AvgIpc) is 3.37. The van der Waals surface area contributed by atoms with Gasteiger partial charge in [-0.1, -0.05) is 42.5 Å². The molecule has 0 radical (unpaired) electrons. The maximum absolute atomic E-state index is 15.9. The van der Waals surface area contributed by atoms with Crippen molar-refractivity contribution in [3.05, 3.63) is 71.5 Å². The molecule has 2 aliphatic rings. The Labute approximate surface area is 229 Å². The number of amides is 1. The van der Waals surface area contributed by atoms with Crippen LogP contribution in [0.4, 0.5) is 9.80 Å². The third-order valence-electron chi connectivity index (χ3n) is 8.22. The highest BCUT2D eigenvalue weighted by Gasteiger charge is 2.47. The van der Waals surface area contributed by atoms with Crippen molar-refractivity contribution in [2.75, 3.05) is 25.2 Å². The van der Waals surface area contributed by atoms with Gasteiger partial charge in [0.1, 0.15) is 11.9 Å². The molecule has 0 aliphatic carbocycles. The van der Waals surface area contributed by atoms with Crippen LogP contribution < -0.4 is 9.64 Å². The standard InChI is InChI=1S/C29H37FN4O4Si/c1-19-28(37-2)22-16-21(34-15-13-27(34)36)10-11-25(22)38-29(19)26(39(3,4)30)12-14-33-17-24(31-32-33)23(18-35)20-8-6-5-7-9-20/h5-11,16-17,19,23,26,28-29,35H,12-15,18H2,1-4H3/t19-,23?,26?,28-,29-/m1/s1. The molecule has 208 valence electrons. The molecule has 1 fully saturated rings. The molecule has 10 heteroatoms. The highest BCUT2D eigenvalue weighted by atomic mass is 28.4. The van der Waals surface area contributed by atoms with Crippen molar-refractivity contribution in [1.82, 2.24) is 15.0 Å². The molecule has 1 amide bonds. The number of carbonyl (C=O) groups is 1. The number of rotatable bonds is 10. The molecule has 2 aromatic carbocycles. The number of hydrogen-bond donors (Lipinski definition) is 1. The fourth-order valence-electron chi connectivity index (χ4n) is 5.93. The summed E-state index contributed by atoms with van der Waals surface area (Å²) in [5.41, 5.74) is 3.08. The third-order valence-corrected chi connectivity index (χ3v) is 10.6. The van der Waals surface area contributed by atoms with Gasteiger partial charge in [0.25, 0.3) is 0 Å². The zero-order chi connectivity index (χ0) is 27.7. The maximum Gasteiger partial charge on any atom is 0.247 e. The van der Waals surface area contributed by atoms with Gasteiger partial charge in [-0.05, 0) is 43.3 Å². The monoisotopic (exact) mass is 552 g/mol. The molecule has 1 aromatic heterocycles. The summed E-state index contributed by atoms with van der Waals surface area (Å²) >= 11 is 0. The first-order chi connectivity index (χ1) is 18.7. The molecule has 3 aromatic rings. The zero-order valence-corrected chi connectivity index (χ0v) is 24.0. The predicted molar refractivity (Wildman–Crippen MR) is 149 cm³/mol. The summed E-state index contributed by atoms with van der Waals surface area (Å²) in [5, 5.41) is 18.6. The molecule has 3 heterocycles. The normalized spacial score (nSPS) is 22.6. The Morgan fingerprint density at radius 1 is 1.23 bits per heavy atom. The van der Waals surface area contributed by atoms with Crippen LogP contribution in [-0.4, -0.2) is 60.8 Å². The Morgan fingerprint density at radius 3 is 2.62 bits per heavy atom. The van der Waals surface area contributed by atoms with Crippen LogP contribution >= 0.6 is 0 Å². The second kappa shape index (κ2) is 11.2. The van der Waals surface area contributed by atoms with Crippen molar-refractivity contribution in [3.8, 4) is 5.75 Å². The number of nitrogens with zero attached hydrogens (tertiary/aromatic N) is 4. The largest absolute Gasteiger partial charge is 0.490 e. The van der Waals surface area contributed by atoms with Gasteiger partial charge in [0, 0.05) is 55.5 Å². The van der Waals surface area contributed by atoms with Crippen LogP contribution in [0.1, 0.15) is 48.6 Å². The van der Waals surface area contributed by atoms with E-state index in [2.05, 4.69) is 17.2 Å². The highest BCUT2D eigenvalue weighted by Crippen LogP contribution is 2.48. The smallest absolute Gasteiger partial charge is 0.247 e. The quantitative estimate of drug-likeness (QED) is 0.220. The number of aromatic nitrogens is 3. The third kappa shape index (κ3) is 5.50. The van der Waals surface area contributed by atoms with Crippen LogP contribution in [0, 0.1) is 5.92 Å². The molecule has 0 bridgehead atoms. The van der Waals surface area contributed by atoms with Gasteiger partial charge in [0.15, 0.2) is 0 Å². The Balaban J connectivity index is 1.35. The number of carbonyl (C=O) groups excluding carboxylic acids is 1. The van der Waals surface area contributed by atoms with E-state index >= 15 is 4.11 Å². The Bertz CT molecular complexity index is 1300. The summed E-state index contributed by atoms with van der Waals surface area (Å²) in [6.45, 7) is 6.63. The van der Waals surface area contributed by atoms with Crippen LogP contribution in [0.5, 0.6) is 5.75 Å². The van der Waals surface area contributed by atoms with Gasteiger partial charge in [-0.2, -0.15) is 0 Å². The molecule has 2 aliphatic heterocycles. The first-order valence-electron chi connectivity index (χ1n) is 13.6. The summed E-state index contributed by atoms with van der Waals surface area (Å²) in [6, 6.07) is 15.5. The van der Waals surface area contributed by atoms with Crippen molar-refractivity contribution >= 4 is 20.0 Å². The number of β-lactam (4-membered cyclic amide) rings is 1. The number of aliphatic hydroxyl groups is 1. The lowest BCUT2D eigenvalue weighted by atomic mass is 9.86. The molecule has 5 atom stereocenters. The number of methoxy groups -OCH3 is 1. The van der Waals surface area contributed by atoms with Crippen molar-refractivity contribution in [2.45, 2.75) is 63.1 Å². The Kier molecular flexibility index (Phi) is 7.88. The summed E-state index contributed by atoms with van der Waals surface area (Å²) in [4.78, 5) is 13.7. The van der Waals surface area contributed by atoms with E-state index in [1.54, 1.807) is 29.8 Å². The first kappa shape index (κ1) is 27.5. The summed E-state index contributed by atoms with van der Waals surface area (Å²) in [7, 11) is -1.51. The lowest BCUT2D eigenvalue weighted by molar-refractivity contribution is -0.122. The number of benzene rings is 2.